The summed E-state index contributed by atoms with van der Waals surface area (Å²) in [6, 6.07) is 9.11. The van der Waals surface area contributed by atoms with E-state index in [-0.39, 0.29) is 34.7 Å². The third-order valence-corrected chi connectivity index (χ3v) is 8.54. The highest BCUT2D eigenvalue weighted by molar-refractivity contribution is 7.70. The molecule has 4 aromatic rings. The molecule has 2 aliphatic rings. The summed E-state index contributed by atoms with van der Waals surface area (Å²) in [6.07, 6.45) is 0.0312. The molecule has 2 atom stereocenters. The Balaban J connectivity index is 1.59. The van der Waals surface area contributed by atoms with Crippen molar-refractivity contribution in [3.8, 4) is 16.9 Å². The van der Waals surface area contributed by atoms with Gasteiger partial charge in [0.2, 0.25) is 0 Å². The minimum atomic E-state index is -3.24. The van der Waals surface area contributed by atoms with Crippen LogP contribution in [0.2, 0.25) is 0 Å². The molecule has 0 radical (unpaired) electrons. The fourth-order valence-electron chi connectivity index (χ4n) is 5.53. The van der Waals surface area contributed by atoms with Gasteiger partial charge in [-0.2, -0.15) is 8.78 Å². The van der Waals surface area contributed by atoms with Gasteiger partial charge in [0.15, 0.2) is 0 Å². The van der Waals surface area contributed by atoms with Crippen molar-refractivity contribution >= 4 is 29.4 Å². The normalized spacial score (nSPS) is 20.1. The molecule has 3 heterocycles. The first-order valence-corrected chi connectivity index (χ1v) is 14.2. The molecule has 196 valence electrons. The van der Waals surface area contributed by atoms with Crippen LogP contribution in [-0.2, 0) is 4.57 Å². The number of hydrogen-bond donors (Lipinski definition) is 0. The summed E-state index contributed by atoms with van der Waals surface area (Å²) in [5.74, 6) is -2.80. The molecule has 6 nitrogen and oxygen atoms in total. The quantitative estimate of drug-likeness (QED) is 0.235. The number of alkyl halides is 2. The Kier molecular flexibility index (Phi) is 4.72. The SMILES string of the molecule is [2H]C([2H])([2H])N1C(=O)c2cccc(OC(F)F)c2[C@H]2C[C@@H]1c1nc3ccc(-c4cc(F)c(P(C)(C)=O)c(F)c4)cc3n12. The zero-order valence-electron chi connectivity index (χ0n) is 23.1. The Bertz CT molecular complexity index is 1780. The van der Waals surface area contributed by atoms with E-state index in [9.17, 15) is 26.9 Å². The minimum absolute atomic E-state index is 0.0312. The third-order valence-electron chi connectivity index (χ3n) is 7.04. The number of carbonyl (C=O) groups excluding carboxylic acids is 1. The zero-order chi connectivity index (χ0) is 29.6. The van der Waals surface area contributed by atoms with Crippen LogP contribution in [0.15, 0.2) is 48.5 Å². The van der Waals surface area contributed by atoms with Gasteiger partial charge >= 0.3 is 6.61 Å². The predicted octanol–water partition coefficient (Wildman–Crippen LogP) is 5.95. The Morgan fingerprint density at radius 2 is 1.82 bits per heavy atom. The Labute approximate surface area is 219 Å². The largest absolute Gasteiger partial charge is 0.434 e. The summed E-state index contributed by atoms with van der Waals surface area (Å²) in [4.78, 5) is 18.9. The van der Waals surface area contributed by atoms with Gasteiger partial charge < -0.3 is 18.8 Å². The van der Waals surface area contributed by atoms with E-state index in [1.807, 2.05) is 0 Å². The first-order chi connectivity index (χ1) is 19.2. The number of rotatable bonds is 4. The maximum atomic E-state index is 14.9. The highest BCUT2D eigenvalue weighted by Crippen LogP contribution is 2.50. The minimum Gasteiger partial charge on any atom is -0.434 e. The standard InChI is InChI=1S/C27H22F4N3O3P/c1-33-21-12-20(23-15(26(33)35)5-4-6-22(23)37-27(30)31)34-19-11-13(7-8-18(19)32-25(21)34)14-9-16(28)24(17(29)10-14)38(2,3)36/h4-11,20-21,27H,12H2,1-3H3/t20-,21-/m1/s1/i1D3. The van der Waals surface area contributed by atoms with E-state index in [1.54, 1.807) is 22.8 Å². The second-order valence-corrected chi connectivity index (χ2v) is 12.9. The molecule has 0 saturated carbocycles. The molecule has 6 rings (SSSR count). The van der Waals surface area contributed by atoms with Crippen molar-refractivity contribution in [2.45, 2.75) is 25.1 Å². The number of carbonyl (C=O) groups is 1. The van der Waals surface area contributed by atoms with Gasteiger partial charge in [-0.1, -0.05) is 12.1 Å². The molecule has 0 fully saturated rings. The lowest BCUT2D eigenvalue weighted by Crippen LogP contribution is -2.30. The van der Waals surface area contributed by atoms with Crippen molar-refractivity contribution in [2.24, 2.45) is 0 Å². The first kappa shape index (κ1) is 21.3. The summed E-state index contributed by atoms with van der Waals surface area (Å²) < 4.78 is 99.7. The van der Waals surface area contributed by atoms with Crippen LogP contribution < -0.4 is 10.0 Å². The summed E-state index contributed by atoms with van der Waals surface area (Å²) in [5, 5.41) is -0.477. The fraction of sp³-hybridized carbons (Fsp3) is 0.259. The van der Waals surface area contributed by atoms with Crippen LogP contribution in [0.1, 0.15) is 44.4 Å². The molecule has 2 aliphatic heterocycles. The second-order valence-electron chi connectivity index (χ2n) is 9.72. The fourth-order valence-corrected chi connectivity index (χ4v) is 6.69. The number of benzene rings is 3. The average molecular weight is 546 g/mol. The van der Waals surface area contributed by atoms with Crippen LogP contribution in [0, 0.1) is 11.6 Å². The summed E-state index contributed by atoms with van der Waals surface area (Å²) in [6.45, 7) is -3.53. The molecule has 0 aliphatic carbocycles. The highest BCUT2D eigenvalue weighted by atomic mass is 31.2. The molecule has 38 heavy (non-hydrogen) atoms. The van der Waals surface area contributed by atoms with E-state index in [2.05, 4.69) is 4.98 Å². The van der Waals surface area contributed by atoms with Crippen molar-refractivity contribution in [3.63, 3.8) is 0 Å². The van der Waals surface area contributed by atoms with E-state index in [1.165, 1.54) is 31.5 Å². The van der Waals surface area contributed by atoms with Crippen molar-refractivity contribution < 1.29 is 35.8 Å². The van der Waals surface area contributed by atoms with Gasteiger partial charge in [0.25, 0.3) is 5.91 Å². The topological polar surface area (TPSA) is 64.4 Å². The molecule has 0 spiro atoms. The Morgan fingerprint density at radius 3 is 2.47 bits per heavy atom. The zero-order valence-corrected chi connectivity index (χ0v) is 21.0. The molecule has 1 amide bonds. The number of imidazole rings is 1. The average Bonchev–Trinajstić information content (AvgIpc) is 3.34. The molecule has 2 bridgehead atoms. The number of hydrogen-bond acceptors (Lipinski definition) is 4. The van der Waals surface area contributed by atoms with Crippen LogP contribution in [0.25, 0.3) is 22.2 Å². The second kappa shape index (κ2) is 8.43. The van der Waals surface area contributed by atoms with Gasteiger partial charge in [0.05, 0.1) is 28.4 Å². The molecule has 0 N–H and O–H groups in total. The Morgan fingerprint density at radius 1 is 1.08 bits per heavy atom. The van der Waals surface area contributed by atoms with Crippen molar-refractivity contribution in [3.05, 3.63) is 77.1 Å². The Hall–Kier alpha value is -3.65. The first-order valence-electron chi connectivity index (χ1n) is 13.1. The van der Waals surface area contributed by atoms with Gasteiger partial charge in [-0.25, -0.2) is 13.8 Å². The highest BCUT2D eigenvalue weighted by Gasteiger charge is 2.45. The van der Waals surface area contributed by atoms with Crippen LogP contribution in [0.4, 0.5) is 17.6 Å². The third kappa shape index (κ3) is 3.65. The lowest BCUT2D eigenvalue weighted by molar-refractivity contribution is -0.0507. The van der Waals surface area contributed by atoms with Crippen molar-refractivity contribution in [1.82, 2.24) is 14.5 Å². The molecule has 3 aromatic carbocycles. The number of amides is 1. The van der Waals surface area contributed by atoms with E-state index in [0.717, 1.165) is 17.0 Å². The molecule has 11 heteroatoms. The summed E-state index contributed by atoms with van der Waals surface area (Å²) in [5.41, 5.74) is 1.39. The molecule has 1 aromatic heterocycles. The number of halogens is 4. The number of aromatic nitrogens is 2. The summed E-state index contributed by atoms with van der Waals surface area (Å²) in [7, 11) is -3.24. The van der Waals surface area contributed by atoms with Gasteiger partial charge in [-0.15, -0.1) is 0 Å². The number of ether oxygens (including phenoxy) is 1. The molecular formula is C27H22F4N3O3P. The van der Waals surface area contributed by atoms with Crippen LogP contribution in [-0.4, -0.2) is 47.3 Å². The number of nitrogens with zero attached hydrogens (tertiary/aromatic N) is 3. The van der Waals surface area contributed by atoms with E-state index >= 15 is 0 Å². The van der Waals surface area contributed by atoms with Crippen LogP contribution in [0.5, 0.6) is 5.75 Å². The maximum Gasteiger partial charge on any atom is 0.387 e. The van der Waals surface area contributed by atoms with Gasteiger partial charge in [-0.05, 0) is 60.9 Å². The van der Waals surface area contributed by atoms with Crippen LogP contribution in [0.3, 0.4) is 0 Å². The smallest absolute Gasteiger partial charge is 0.387 e. The van der Waals surface area contributed by atoms with E-state index in [0.29, 0.717) is 16.6 Å². The van der Waals surface area contributed by atoms with Crippen LogP contribution >= 0.6 is 7.14 Å². The molecular weight excluding hydrogens is 521 g/mol. The molecule has 0 saturated heterocycles. The van der Waals surface area contributed by atoms with E-state index < -0.39 is 55.7 Å². The van der Waals surface area contributed by atoms with Gasteiger partial charge in [0, 0.05) is 28.6 Å². The lowest BCUT2D eigenvalue weighted by atomic mass is 9.97. The summed E-state index contributed by atoms with van der Waals surface area (Å²) >= 11 is 0. The molecule has 0 unspecified atom stereocenters. The van der Waals surface area contributed by atoms with Gasteiger partial charge in [0.1, 0.15) is 30.4 Å². The van der Waals surface area contributed by atoms with Crippen molar-refractivity contribution in [2.75, 3.05) is 20.3 Å². The lowest BCUT2D eigenvalue weighted by Gasteiger charge is -2.24. The monoisotopic (exact) mass is 546 g/mol. The predicted molar refractivity (Wildman–Crippen MR) is 135 cm³/mol. The number of fused-ring (bicyclic) bond motifs is 9. The van der Waals surface area contributed by atoms with E-state index in [4.69, 9.17) is 8.85 Å². The van der Waals surface area contributed by atoms with Crippen molar-refractivity contribution in [1.29, 1.82) is 0 Å². The van der Waals surface area contributed by atoms with Gasteiger partial charge in [-0.3, -0.25) is 4.79 Å². The maximum absolute atomic E-state index is 14.9.